The van der Waals surface area contributed by atoms with Gasteiger partial charge >= 0.3 is 5.97 Å². The van der Waals surface area contributed by atoms with Crippen molar-refractivity contribution in [2.45, 2.75) is 16.7 Å². The highest BCUT2D eigenvalue weighted by Crippen LogP contribution is 2.23. The minimum atomic E-state index is -0.490. The molecule has 0 radical (unpaired) electrons. The van der Waals surface area contributed by atoms with Gasteiger partial charge in [0.15, 0.2) is 0 Å². The highest BCUT2D eigenvalue weighted by molar-refractivity contribution is 7.98. The summed E-state index contributed by atoms with van der Waals surface area (Å²) in [4.78, 5) is 11.2. The molecule has 2 heterocycles. The third kappa shape index (κ3) is 3.77. The molecule has 0 atom stereocenters. The Balaban J connectivity index is 1.90. The first kappa shape index (κ1) is 14.0. The fourth-order valence-corrected chi connectivity index (χ4v) is 2.32. The number of furan rings is 1. The quantitative estimate of drug-likeness (QED) is 0.595. The van der Waals surface area contributed by atoms with Crippen molar-refractivity contribution in [1.82, 2.24) is 10.2 Å². The van der Waals surface area contributed by atoms with Crippen molar-refractivity contribution in [2.75, 3.05) is 13.4 Å². The molecule has 0 aliphatic carbocycles. The Kier molecular flexibility index (Phi) is 4.92. The molecule has 8 heteroatoms. The summed E-state index contributed by atoms with van der Waals surface area (Å²) < 4.78 is 15.3. The predicted molar refractivity (Wildman–Crippen MR) is 71.1 cm³/mol. The van der Waals surface area contributed by atoms with Gasteiger partial charge in [-0.15, -0.1) is 10.2 Å². The number of esters is 1. The molecule has 0 bridgehead atoms. The van der Waals surface area contributed by atoms with Gasteiger partial charge < -0.3 is 13.6 Å². The first-order valence-electron chi connectivity index (χ1n) is 5.34. The topological polar surface area (TPSA) is 78.4 Å². The molecular weight excluding hydrogens is 288 g/mol. The van der Waals surface area contributed by atoms with Gasteiger partial charge in [-0.05, 0) is 18.4 Å². The first-order valence-corrected chi connectivity index (χ1v) is 7.72. The zero-order valence-electron chi connectivity index (χ0n) is 10.4. The lowest BCUT2D eigenvalue weighted by Gasteiger charge is -1.94. The van der Waals surface area contributed by atoms with Crippen LogP contribution in [0, 0.1) is 0 Å². The van der Waals surface area contributed by atoms with Crippen molar-refractivity contribution in [1.29, 1.82) is 0 Å². The largest absolute Gasteiger partial charge is 0.463 e. The van der Waals surface area contributed by atoms with Gasteiger partial charge in [0.25, 0.3) is 5.22 Å². The van der Waals surface area contributed by atoms with Gasteiger partial charge in [-0.25, -0.2) is 4.79 Å². The highest BCUT2D eigenvalue weighted by Gasteiger charge is 2.12. The second kappa shape index (κ2) is 6.67. The van der Waals surface area contributed by atoms with Crippen LogP contribution in [0.15, 0.2) is 26.2 Å². The third-order valence-corrected chi connectivity index (χ3v) is 3.48. The Bertz CT molecular complexity index is 552. The number of methoxy groups -OCH3 is 1. The zero-order valence-corrected chi connectivity index (χ0v) is 12.0. The van der Waals surface area contributed by atoms with E-state index in [-0.39, 0.29) is 5.76 Å². The molecule has 0 spiro atoms. The van der Waals surface area contributed by atoms with Crippen LogP contribution >= 0.6 is 23.5 Å². The molecule has 2 aromatic heterocycles. The monoisotopic (exact) mass is 300 g/mol. The van der Waals surface area contributed by atoms with E-state index < -0.39 is 5.97 Å². The number of aromatic nitrogens is 2. The van der Waals surface area contributed by atoms with Gasteiger partial charge in [0.1, 0.15) is 5.76 Å². The van der Waals surface area contributed by atoms with Gasteiger partial charge in [-0.2, -0.15) is 11.8 Å². The molecule has 0 aromatic carbocycles. The van der Waals surface area contributed by atoms with Gasteiger partial charge in [-0.1, -0.05) is 11.8 Å². The van der Waals surface area contributed by atoms with E-state index in [1.807, 2.05) is 6.26 Å². The van der Waals surface area contributed by atoms with Crippen LogP contribution in [0.2, 0.25) is 0 Å². The van der Waals surface area contributed by atoms with Crippen molar-refractivity contribution in [3.63, 3.8) is 0 Å². The normalized spacial score (nSPS) is 10.6. The number of rotatable bonds is 6. The summed E-state index contributed by atoms with van der Waals surface area (Å²) in [6.45, 7) is 0. The highest BCUT2D eigenvalue weighted by atomic mass is 32.2. The summed E-state index contributed by atoms with van der Waals surface area (Å²) in [5, 5.41) is 8.30. The van der Waals surface area contributed by atoms with Crippen LogP contribution in [-0.2, 0) is 16.2 Å². The Morgan fingerprint density at radius 2 is 2.16 bits per heavy atom. The molecule has 0 N–H and O–H groups in total. The van der Waals surface area contributed by atoms with Crippen LogP contribution in [0.4, 0.5) is 0 Å². The SMILES string of the molecule is COC(=O)c1ccc(CSc2nnc(CSC)o2)o1. The van der Waals surface area contributed by atoms with Crippen LogP contribution in [0.25, 0.3) is 0 Å². The number of carbonyl (C=O) groups excluding carboxylic acids is 1. The minimum absolute atomic E-state index is 0.187. The van der Waals surface area contributed by atoms with Crippen molar-refractivity contribution in [3.8, 4) is 0 Å². The maximum Gasteiger partial charge on any atom is 0.373 e. The molecule has 102 valence electrons. The van der Waals surface area contributed by atoms with E-state index in [2.05, 4.69) is 14.9 Å². The number of hydrogen-bond donors (Lipinski definition) is 0. The van der Waals surface area contributed by atoms with E-state index >= 15 is 0 Å². The molecule has 0 fully saturated rings. The van der Waals surface area contributed by atoms with E-state index in [9.17, 15) is 4.79 Å². The maximum atomic E-state index is 11.2. The van der Waals surface area contributed by atoms with Gasteiger partial charge in [0.05, 0.1) is 18.6 Å². The first-order chi connectivity index (χ1) is 9.22. The standard InChI is InChI=1S/C11H12N2O4S2/c1-15-10(14)8-4-3-7(16-8)5-19-11-13-12-9(17-11)6-18-2/h3-4H,5-6H2,1-2H3. The molecule has 0 aliphatic rings. The average Bonchev–Trinajstić information content (AvgIpc) is 3.05. The molecule has 2 rings (SSSR count). The zero-order chi connectivity index (χ0) is 13.7. The minimum Gasteiger partial charge on any atom is -0.463 e. The lowest BCUT2D eigenvalue weighted by atomic mass is 10.4. The van der Waals surface area contributed by atoms with Crippen molar-refractivity contribution >= 4 is 29.5 Å². The Morgan fingerprint density at radius 1 is 1.32 bits per heavy atom. The summed E-state index contributed by atoms with van der Waals surface area (Å²) in [7, 11) is 1.31. The molecule has 0 saturated heterocycles. The molecular formula is C11H12N2O4S2. The lowest BCUT2D eigenvalue weighted by molar-refractivity contribution is 0.0563. The second-order valence-electron chi connectivity index (χ2n) is 3.44. The van der Waals surface area contributed by atoms with Crippen LogP contribution < -0.4 is 0 Å². The van der Waals surface area contributed by atoms with E-state index in [0.717, 1.165) is 0 Å². The summed E-state index contributed by atoms with van der Waals surface area (Å²) in [5.41, 5.74) is 0. The molecule has 6 nitrogen and oxygen atoms in total. The van der Waals surface area contributed by atoms with Crippen molar-refractivity contribution < 1.29 is 18.4 Å². The summed E-state index contributed by atoms with van der Waals surface area (Å²) in [6.07, 6.45) is 1.97. The van der Waals surface area contributed by atoms with Crippen LogP contribution in [-0.4, -0.2) is 29.5 Å². The van der Waals surface area contributed by atoms with Crippen LogP contribution in [0.1, 0.15) is 22.2 Å². The molecule has 0 aliphatic heterocycles. The van der Waals surface area contributed by atoms with Gasteiger partial charge in [-0.3, -0.25) is 0 Å². The summed E-state index contributed by atoms with van der Waals surface area (Å²) >= 11 is 2.97. The van der Waals surface area contributed by atoms with Crippen LogP contribution in [0.3, 0.4) is 0 Å². The van der Waals surface area contributed by atoms with Gasteiger partial charge in [0.2, 0.25) is 11.7 Å². The third-order valence-electron chi connectivity index (χ3n) is 2.10. The number of carbonyl (C=O) groups is 1. The summed E-state index contributed by atoms with van der Waals surface area (Å²) in [6, 6.07) is 3.30. The van der Waals surface area contributed by atoms with Crippen molar-refractivity contribution in [2.24, 2.45) is 0 Å². The van der Waals surface area contributed by atoms with E-state index in [1.165, 1.54) is 18.9 Å². The molecule has 19 heavy (non-hydrogen) atoms. The predicted octanol–water partition coefficient (Wildman–Crippen LogP) is 2.60. The van der Waals surface area contributed by atoms with E-state index in [4.69, 9.17) is 8.83 Å². The van der Waals surface area contributed by atoms with Crippen molar-refractivity contribution in [3.05, 3.63) is 29.5 Å². The molecule has 2 aromatic rings. The Hall–Kier alpha value is -1.41. The number of thioether (sulfide) groups is 2. The number of hydrogen-bond acceptors (Lipinski definition) is 8. The molecule has 0 amide bonds. The van der Waals surface area contributed by atoms with E-state index in [1.54, 1.807) is 23.9 Å². The number of nitrogens with zero attached hydrogens (tertiary/aromatic N) is 2. The fourth-order valence-electron chi connectivity index (χ4n) is 1.28. The fraction of sp³-hybridized carbons (Fsp3) is 0.364. The second-order valence-corrected chi connectivity index (χ2v) is 5.23. The van der Waals surface area contributed by atoms with Gasteiger partial charge in [0, 0.05) is 0 Å². The molecule has 0 unspecified atom stereocenters. The van der Waals surface area contributed by atoms with E-state index in [0.29, 0.717) is 28.4 Å². The van der Waals surface area contributed by atoms with Crippen LogP contribution in [0.5, 0.6) is 0 Å². The Morgan fingerprint density at radius 3 is 2.89 bits per heavy atom. The Labute approximate surface area is 118 Å². The maximum absolute atomic E-state index is 11.2. The average molecular weight is 300 g/mol. The molecule has 0 saturated carbocycles. The summed E-state index contributed by atoms with van der Waals surface area (Å²) in [5.74, 6) is 2.15. The number of ether oxygens (including phenoxy) is 1. The lowest BCUT2D eigenvalue weighted by Crippen LogP contribution is -1.98. The smallest absolute Gasteiger partial charge is 0.373 e.